The Morgan fingerprint density at radius 3 is 2.35 bits per heavy atom. The van der Waals surface area contributed by atoms with Gasteiger partial charge in [-0.1, -0.05) is 53.7 Å². The number of para-hydroxylation sites is 1. The molecule has 4 aromatic rings. The summed E-state index contributed by atoms with van der Waals surface area (Å²) in [6.45, 7) is 2.79. The molecule has 2 aromatic carbocycles. The maximum atomic E-state index is 12.5. The molecule has 0 saturated carbocycles. The van der Waals surface area contributed by atoms with E-state index in [1.807, 2.05) is 60.7 Å². The fourth-order valence-electron chi connectivity index (χ4n) is 3.14. The fourth-order valence-corrected chi connectivity index (χ4v) is 3.14. The van der Waals surface area contributed by atoms with Crippen molar-refractivity contribution in [2.24, 2.45) is 0 Å². The molecule has 0 fully saturated rings. The number of ether oxygens (including phenoxy) is 1. The highest BCUT2D eigenvalue weighted by atomic mass is 16.5. The highest BCUT2D eigenvalue weighted by Crippen LogP contribution is 2.24. The lowest BCUT2D eigenvalue weighted by Crippen LogP contribution is -2.22. The van der Waals surface area contributed by atoms with Gasteiger partial charge in [-0.15, -0.1) is 0 Å². The van der Waals surface area contributed by atoms with Crippen molar-refractivity contribution in [3.63, 3.8) is 0 Å². The number of benzene rings is 2. The normalized spacial score (nSPS) is 10.6. The van der Waals surface area contributed by atoms with Crippen molar-refractivity contribution in [2.75, 3.05) is 11.9 Å². The van der Waals surface area contributed by atoms with E-state index in [0.717, 1.165) is 11.3 Å². The Balaban J connectivity index is 1.53. The van der Waals surface area contributed by atoms with Crippen molar-refractivity contribution >= 4 is 17.7 Å². The highest BCUT2D eigenvalue weighted by Gasteiger charge is 2.20. The quantitative estimate of drug-likeness (QED) is 0.478. The van der Waals surface area contributed by atoms with E-state index in [9.17, 15) is 9.59 Å². The van der Waals surface area contributed by atoms with Crippen LogP contribution >= 0.6 is 0 Å². The summed E-state index contributed by atoms with van der Waals surface area (Å²) in [4.78, 5) is 24.8. The number of esters is 1. The van der Waals surface area contributed by atoms with E-state index >= 15 is 0 Å². The van der Waals surface area contributed by atoms with E-state index in [1.54, 1.807) is 24.6 Å². The number of aromatic nitrogens is 3. The molecule has 0 radical (unpaired) electrons. The maximum absolute atomic E-state index is 12.5. The molecule has 0 atom stereocenters. The van der Waals surface area contributed by atoms with Crippen molar-refractivity contribution in [2.45, 2.75) is 13.8 Å². The lowest BCUT2D eigenvalue weighted by atomic mass is 10.2. The number of nitrogens with one attached hydrogen (secondary N) is 1. The van der Waals surface area contributed by atoms with Crippen molar-refractivity contribution in [1.82, 2.24) is 14.9 Å². The smallest absolute Gasteiger partial charge is 0.344 e. The number of carbonyl (C=O) groups excluding carboxylic acids is 2. The predicted octanol–water partition coefficient (Wildman–Crippen LogP) is 3.94. The molecule has 8 heteroatoms. The molecule has 2 heterocycles. The van der Waals surface area contributed by atoms with Crippen LogP contribution in [0, 0.1) is 13.8 Å². The van der Waals surface area contributed by atoms with Crippen LogP contribution in [0.25, 0.3) is 16.9 Å². The molecule has 156 valence electrons. The minimum absolute atomic E-state index is 0.230. The number of anilines is 1. The van der Waals surface area contributed by atoms with Crippen LogP contribution in [-0.2, 0) is 9.53 Å². The maximum Gasteiger partial charge on any atom is 0.344 e. The van der Waals surface area contributed by atoms with Gasteiger partial charge in [0, 0.05) is 11.6 Å². The molecule has 0 saturated heterocycles. The average molecular weight is 416 g/mol. The van der Waals surface area contributed by atoms with Crippen LogP contribution in [0.5, 0.6) is 0 Å². The van der Waals surface area contributed by atoms with Gasteiger partial charge in [0.25, 0.3) is 5.91 Å². The third-order valence-electron chi connectivity index (χ3n) is 4.62. The Labute approximate surface area is 178 Å². The summed E-state index contributed by atoms with van der Waals surface area (Å²) in [6.07, 6.45) is 0. The standard InChI is InChI=1S/C23H20N4O4/c1-15-22(16(2)31-26-15)23(29)30-14-21(28)24-20-13-19(17-9-5-3-6-10-17)25-27(20)18-11-7-4-8-12-18/h3-13H,14H2,1-2H3,(H,24,28). The lowest BCUT2D eigenvalue weighted by molar-refractivity contribution is -0.119. The van der Waals surface area contributed by atoms with Crippen LogP contribution in [-0.4, -0.2) is 33.4 Å². The van der Waals surface area contributed by atoms with E-state index in [-0.39, 0.29) is 5.56 Å². The summed E-state index contributed by atoms with van der Waals surface area (Å²) in [5, 5.41) is 11.1. The van der Waals surface area contributed by atoms with Crippen LogP contribution in [0.4, 0.5) is 5.82 Å². The molecule has 2 aromatic heterocycles. The van der Waals surface area contributed by atoms with Gasteiger partial charge in [0.1, 0.15) is 17.1 Å². The SMILES string of the molecule is Cc1noc(C)c1C(=O)OCC(=O)Nc1cc(-c2ccccc2)nn1-c1ccccc1. The number of hydrogen-bond acceptors (Lipinski definition) is 6. The van der Waals surface area contributed by atoms with Crippen molar-refractivity contribution < 1.29 is 18.8 Å². The average Bonchev–Trinajstić information content (AvgIpc) is 3.36. The number of aryl methyl sites for hydroxylation is 2. The summed E-state index contributed by atoms with van der Waals surface area (Å²) in [6, 6.07) is 20.9. The van der Waals surface area contributed by atoms with Gasteiger partial charge in [0.05, 0.1) is 17.1 Å². The van der Waals surface area contributed by atoms with Gasteiger partial charge < -0.3 is 14.6 Å². The zero-order valence-electron chi connectivity index (χ0n) is 17.0. The van der Waals surface area contributed by atoms with Crippen LogP contribution in [0.15, 0.2) is 71.3 Å². The summed E-state index contributed by atoms with van der Waals surface area (Å²) >= 11 is 0. The second-order valence-electron chi connectivity index (χ2n) is 6.85. The Kier molecular flexibility index (Phi) is 5.61. The molecule has 31 heavy (non-hydrogen) atoms. The van der Waals surface area contributed by atoms with E-state index in [1.165, 1.54) is 0 Å². The molecule has 0 aliphatic carbocycles. The molecule has 1 amide bonds. The van der Waals surface area contributed by atoms with Crippen LogP contribution in [0.3, 0.4) is 0 Å². The zero-order chi connectivity index (χ0) is 21.8. The largest absolute Gasteiger partial charge is 0.452 e. The molecule has 4 rings (SSSR count). The molecule has 0 aliphatic rings. The Hall–Kier alpha value is -4.20. The number of amides is 1. The Morgan fingerprint density at radius 2 is 1.71 bits per heavy atom. The highest BCUT2D eigenvalue weighted by molar-refractivity contribution is 5.96. The monoisotopic (exact) mass is 416 g/mol. The summed E-state index contributed by atoms with van der Waals surface area (Å²) in [5.41, 5.74) is 3.05. The summed E-state index contributed by atoms with van der Waals surface area (Å²) < 4.78 is 11.7. The molecule has 0 unspecified atom stereocenters. The van der Waals surface area contributed by atoms with E-state index < -0.39 is 18.5 Å². The van der Waals surface area contributed by atoms with Crippen LogP contribution < -0.4 is 5.32 Å². The second kappa shape index (κ2) is 8.66. The fraction of sp³-hybridized carbons (Fsp3) is 0.130. The first-order valence-corrected chi connectivity index (χ1v) is 9.63. The first-order valence-electron chi connectivity index (χ1n) is 9.63. The van der Waals surface area contributed by atoms with Crippen molar-refractivity contribution in [3.05, 3.63) is 83.7 Å². The summed E-state index contributed by atoms with van der Waals surface area (Å²) in [5.74, 6) is -0.342. The van der Waals surface area contributed by atoms with Gasteiger partial charge in [-0.25, -0.2) is 9.48 Å². The second-order valence-corrected chi connectivity index (χ2v) is 6.85. The molecule has 1 N–H and O–H groups in total. The minimum Gasteiger partial charge on any atom is -0.452 e. The lowest BCUT2D eigenvalue weighted by Gasteiger charge is -2.09. The molecular formula is C23H20N4O4. The summed E-state index contributed by atoms with van der Waals surface area (Å²) in [7, 11) is 0. The van der Waals surface area contributed by atoms with Crippen LogP contribution in [0.2, 0.25) is 0 Å². The molecule has 0 spiro atoms. The molecule has 0 bridgehead atoms. The van der Waals surface area contributed by atoms with Crippen molar-refractivity contribution in [3.8, 4) is 16.9 Å². The van der Waals surface area contributed by atoms with E-state index in [4.69, 9.17) is 9.26 Å². The first kappa shape index (κ1) is 20.1. The van der Waals surface area contributed by atoms with Gasteiger partial charge in [0.15, 0.2) is 6.61 Å². The van der Waals surface area contributed by atoms with E-state index in [2.05, 4.69) is 15.6 Å². The van der Waals surface area contributed by atoms with Crippen molar-refractivity contribution in [1.29, 1.82) is 0 Å². The minimum atomic E-state index is -0.659. The molecule has 0 aliphatic heterocycles. The number of carbonyl (C=O) groups is 2. The van der Waals surface area contributed by atoms with Crippen LogP contribution in [0.1, 0.15) is 21.8 Å². The number of hydrogen-bond donors (Lipinski definition) is 1. The third-order valence-corrected chi connectivity index (χ3v) is 4.62. The predicted molar refractivity (Wildman–Crippen MR) is 114 cm³/mol. The third kappa shape index (κ3) is 4.37. The molecule has 8 nitrogen and oxygen atoms in total. The first-order chi connectivity index (χ1) is 15.0. The number of rotatable bonds is 6. The van der Waals surface area contributed by atoms with Gasteiger partial charge in [-0.2, -0.15) is 5.10 Å². The number of nitrogens with zero attached hydrogens (tertiary/aromatic N) is 3. The van der Waals surface area contributed by atoms with Gasteiger partial charge in [-0.05, 0) is 26.0 Å². The van der Waals surface area contributed by atoms with E-state index in [0.29, 0.717) is 23.0 Å². The van der Waals surface area contributed by atoms with Gasteiger partial charge >= 0.3 is 5.97 Å². The Bertz CT molecular complexity index is 1190. The molecular weight excluding hydrogens is 396 g/mol. The topological polar surface area (TPSA) is 99.2 Å². The Morgan fingerprint density at radius 1 is 1.03 bits per heavy atom. The van der Waals surface area contributed by atoms with Gasteiger partial charge in [0.2, 0.25) is 0 Å². The zero-order valence-corrected chi connectivity index (χ0v) is 17.0. The van der Waals surface area contributed by atoms with Gasteiger partial charge in [-0.3, -0.25) is 4.79 Å².